The third-order valence-corrected chi connectivity index (χ3v) is 4.10. The monoisotopic (exact) mass is 303 g/mol. The lowest BCUT2D eigenvalue weighted by Gasteiger charge is -2.21. The number of hydrogen-bond acceptors (Lipinski definition) is 3. The first-order valence-electron chi connectivity index (χ1n) is 8.18. The largest absolute Gasteiger partial charge is 0.484 e. The van der Waals surface area contributed by atoms with Crippen molar-refractivity contribution < 1.29 is 14.3 Å². The molecular formula is C18H25NO3. The molecule has 1 aliphatic carbocycles. The number of nitrogens with one attached hydrogen (secondary N) is 1. The van der Waals surface area contributed by atoms with E-state index in [1.807, 2.05) is 0 Å². The zero-order valence-corrected chi connectivity index (χ0v) is 13.3. The van der Waals surface area contributed by atoms with Crippen LogP contribution < -0.4 is 10.1 Å². The Labute approximate surface area is 132 Å². The molecule has 1 aromatic rings. The molecule has 0 aromatic heterocycles. The topological polar surface area (TPSA) is 55.4 Å². The summed E-state index contributed by atoms with van der Waals surface area (Å²) in [4.78, 5) is 23.2. The molecule has 0 radical (unpaired) electrons. The predicted molar refractivity (Wildman–Crippen MR) is 86.2 cm³/mol. The Balaban J connectivity index is 1.75. The fraction of sp³-hybridized carbons (Fsp3) is 0.556. The molecule has 0 heterocycles. The van der Waals surface area contributed by atoms with Crippen LogP contribution in [0, 0.1) is 0 Å². The van der Waals surface area contributed by atoms with Crippen LogP contribution in [0.4, 0.5) is 0 Å². The number of rotatable bonds is 5. The summed E-state index contributed by atoms with van der Waals surface area (Å²) < 4.78 is 5.48. The molecule has 120 valence electrons. The molecule has 0 unspecified atom stereocenters. The first-order chi connectivity index (χ1) is 10.6. The molecule has 1 fully saturated rings. The van der Waals surface area contributed by atoms with E-state index < -0.39 is 0 Å². The second-order valence-corrected chi connectivity index (χ2v) is 5.98. The fourth-order valence-electron chi connectivity index (χ4n) is 2.80. The van der Waals surface area contributed by atoms with E-state index >= 15 is 0 Å². The summed E-state index contributed by atoms with van der Waals surface area (Å²) in [6, 6.07) is 7.16. The van der Waals surface area contributed by atoms with E-state index in [9.17, 15) is 9.59 Å². The zero-order chi connectivity index (χ0) is 15.8. The summed E-state index contributed by atoms with van der Waals surface area (Å²) in [5.74, 6) is 0.563. The van der Waals surface area contributed by atoms with Gasteiger partial charge in [-0.25, -0.2) is 0 Å². The Hall–Kier alpha value is -1.84. The molecule has 22 heavy (non-hydrogen) atoms. The lowest BCUT2D eigenvalue weighted by Crippen LogP contribution is -2.38. The van der Waals surface area contributed by atoms with Gasteiger partial charge in [0.05, 0.1) is 0 Å². The van der Waals surface area contributed by atoms with E-state index in [0.717, 1.165) is 12.8 Å². The minimum Gasteiger partial charge on any atom is -0.484 e. The lowest BCUT2D eigenvalue weighted by atomic mass is 9.97. The minimum absolute atomic E-state index is 0.0218. The quantitative estimate of drug-likeness (QED) is 0.847. The van der Waals surface area contributed by atoms with Crippen LogP contribution in [0.3, 0.4) is 0 Å². The summed E-state index contributed by atoms with van der Waals surface area (Å²) in [5.41, 5.74) is 0.645. The average Bonchev–Trinajstić information content (AvgIpc) is 2.48. The summed E-state index contributed by atoms with van der Waals surface area (Å²) >= 11 is 0. The molecule has 1 N–H and O–H groups in total. The Kier molecular flexibility index (Phi) is 6.44. The van der Waals surface area contributed by atoms with Gasteiger partial charge >= 0.3 is 0 Å². The number of benzene rings is 1. The van der Waals surface area contributed by atoms with Gasteiger partial charge in [-0.05, 0) is 44.0 Å². The highest BCUT2D eigenvalue weighted by Gasteiger charge is 2.14. The third kappa shape index (κ3) is 5.51. The van der Waals surface area contributed by atoms with E-state index in [2.05, 4.69) is 5.32 Å². The SMILES string of the molecule is CC(=O)c1ccc(OCC(=O)NC2CCCCCCC2)cc1. The van der Waals surface area contributed by atoms with Crippen LogP contribution >= 0.6 is 0 Å². The van der Waals surface area contributed by atoms with Crippen LogP contribution in [-0.2, 0) is 4.79 Å². The maximum atomic E-state index is 12.0. The van der Waals surface area contributed by atoms with Gasteiger partial charge in [0.2, 0.25) is 0 Å². The van der Waals surface area contributed by atoms with E-state index in [4.69, 9.17) is 4.74 Å². The number of carbonyl (C=O) groups excluding carboxylic acids is 2. The van der Waals surface area contributed by atoms with Crippen LogP contribution in [0.2, 0.25) is 0 Å². The van der Waals surface area contributed by atoms with E-state index in [1.165, 1.54) is 39.0 Å². The van der Waals surface area contributed by atoms with Crippen molar-refractivity contribution in [3.05, 3.63) is 29.8 Å². The van der Waals surface area contributed by atoms with Gasteiger partial charge in [0.25, 0.3) is 5.91 Å². The Morgan fingerprint density at radius 2 is 1.64 bits per heavy atom. The number of carbonyl (C=O) groups is 2. The molecular weight excluding hydrogens is 278 g/mol. The maximum absolute atomic E-state index is 12.0. The molecule has 4 heteroatoms. The normalized spacial score (nSPS) is 16.4. The Morgan fingerprint density at radius 3 is 2.23 bits per heavy atom. The van der Waals surface area contributed by atoms with Crippen molar-refractivity contribution in [3.8, 4) is 5.75 Å². The molecule has 1 aliphatic rings. The minimum atomic E-state index is -0.0683. The molecule has 2 rings (SSSR count). The highest BCUT2D eigenvalue weighted by Crippen LogP contribution is 2.17. The van der Waals surface area contributed by atoms with Gasteiger partial charge in [0, 0.05) is 11.6 Å². The van der Waals surface area contributed by atoms with Gasteiger partial charge in [-0.2, -0.15) is 0 Å². The maximum Gasteiger partial charge on any atom is 0.258 e. The average molecular weight is 303 g/mol. The van der Waals surface area contributed by atoms with Crippen LogP contribution in [0.1, 0.15) is 62.2 Å². The molecule has 1 aromatic carbocycles. The van der Waals surface area contributed by atoms with Gasteiger partial charge in [-0.3, -0.25) is 9.59 Å². The lowest BCUT2D eigenvalue weighted by molar-refractivity contribution is -0.123. The van der Waals surface area contributed by atoms with E-state index in [0.29, 0.717) is 11.3 Å². The number of ketones is 1. The van der Waals surface area contributed by atoms with Crippen molar-refractivity contribution in [2.75, 3.05) is 6.61 Å². The smallest absolute Gasteiger partial charge is 0.258 e. The van der Waals surface area contributed by atoms with Gasteiger partial charge < -0.3 is 10.1 Å². The summed E-state index contributed by atoms with van der Waals surface area (Å²) in [7, 11) is 0. The Morgan fingerprint density at radius 1 is 1.05 bits per heavy atom. The summed E-state index contributed by atoms with van der Waals surface area (Å²) in [6.45, 7) is 1.55. The van der Waals surface area contributed by atoms with Gasteiger partial charge in [-0.15, -0.1) is 0 Å². The molecule has 0 bridgehead atoms. The molecule has 1 saturated carbocycles. The first kappa shape index (κ1) is 16.5. The van der Waals surface area contributed by atoms with Crippen LogP contribution in [0.15, 0.2) is 24.3 Å². The Bertz CT molecular complexity index is 488. The third-order valence-electron chi connectivity index (χ3n) is 4.10. The van der Waals surface area contributed by atoms with E-state index in [-0.39, 0.29) is 24.3 Å². The highest BCUT2D eigenvalue weighted by molar-refractivity contribution is 5.94. The second kappa shape index (κ2) is 8.57. The van der Waals surface area contributed by atoms with Gasteiger partial charge in [-0.1, -0.05) is 32.1 Å². The highest BCUT2D eigenvalue weighted by atomic mass is 16.5. The molecule has 1 amide bonds. The van der Waals surface area contributed by atoms with Crippen molar-refractivity contribution in [2.45, 2.75) is 57.9 Å². The molecule has 0 saturated heterocycles. The van der Waals surface area contributed by atoms with Crippen molar-refractivity contribution in [1.29, 1.82) is 0 Å². The fourth-order valence-corrected chi connectivity index (χ4v) is 2.80. The summed E-state index contributed by atoms with van der Waals surface area (Å²) in [6.07, 6.45) is 8.38. The number of amides is 1. The second-order valence-electron chi connectivity index (χ2n) is 5.98. The number of ether oxygens (including phenoxy) is 1. The summed E-state index contributed by atoms with van der Waals surface area (Å²) in [5, 5.41) is 3.07. The zero-order valence-electron chi connectivity index (χ0n) is 13.3. The number of Topliss-reactive ketones (excluding diaryl/α,β-unsaturated/α-hetero) is 1. The standard InChI is InChI=1S/C18H25NO3/c1-14(20)15-9-11-17(12-10-15)22-13-18(21)19-16-7-5-3-2-4-6-8-16/h9-12,16H,2-8,13H2,1H3,(H,19,21). The van der Waals surface area contributed by atoms with Crippen LogP contribution in [0.5, 0.6) is 5.75 Å². The van der Waals surface area contributed by atoms with Crippen LogP contribution in [0.25, 0.3) is 0 Å². The van der Waals surface area contributed by atoms with E-state index in [1.54, 1.807) is 24.3 Å². The number of hydrogen-bond donors (Lipinski definition) is 1. The van der Waals surface area contributed by atoms with Crippen molar-refractivity contribution in [3.63, 3.8) is 0 Å². The van der Waals surface area contributed by atoms with Gasteiger partial charge in [0.15, 0.2) is 12.4 Å². The van der Waals surface area contributed by atoms with Crippen LogP contribution in [-0.4, -0.2) is 24.3 Å². The van der Waals surface area contributed by atoms with Crippen molar-refractivity contribution in [1.82, 2.24) is 5.32 Å². The predicted octanol–water partition coefficient (Wildman–Crippen LogP) is 3.50. The van der Waals surface area contributed by atoms with Gasteiger partial charge in [0.1, 0.15) is 5.75 Å². The van der Waals surface area contributed by atoms with Crippen molar-refractivity contribution >= 4 is 11.7 Å². The molecule has 4 nitrogen and oxygen atoms in total. The van der Waals surface area contributed by atoms with Crippen molar-refractivity contribution in [2.24, 2.45) is 0 Å². The first-order valence-corrected chi connectivity index (χ1v) is 8.18. The molecule has 0 aliphatic heterocycles. The molecule has 0 atom stereocenters. The molecule has 0 spiro atoms.